The standard InChI is InChI=1S/C9H25N3Si/c1-7-8(13)10-9(2,11(3)4)12(5)6/h8,10H,7H2,1-6,13H3. The van der Waals surface area contributed by atoms with Gasteiger partial charge in [-0.15, -0.1) is 0 Å². The average molecular weight is 203 g/mol. The first kappa shape index (κ1) is 13.1. The second-order valence-corrected chi connectivity index (χ2v) is 5.66. The van der Waals surface area contributed by atoms with Gasteiger partial charge in [-0.2, -0.15) is 0 Å². The van der Waals surface area contributed by atoms with E-state index in [0.717, 1.165) is 0 Å². The van der Waals surface area contributed by atoms with Gasteiger partial charge in [0.2, 0.25) is 0 Å². The zero-order valence-corrected chi connectivity index (χ0v) is 12.2. The van der Waals surface area contributed by atoms with Crippen LogP contribution in [0.25, 0.3) is 0 Å². The van der Waals surface area contributed by atoms with E-state index in [4.69, 9.17) is 0 Å². The van der Waals surface area contributed by atoms with Crippen molar-refractivity contribution in [3.63, 3.8) is 0 Å². The van der Waals surface area contributed by atoms with Crippen molar-refractivity contribution in [3.05, 3.63) is 0 Å². The summed E-state index contributed by atoms with van der Waals surface area (Å²) >= 11 is 0. The van der Waals surface area contributed by atoms with Gasteiger partial charge in [0, 0.05) is 10.2 Å². The fourth-order valence-electron chi connectivity index (χ4n) is 1.23. The molecule has 0 aromatic carbocycles. The number of hydrogen-bond donors (Lipinski definition) is 1. The quantitative estimate of drug-likeness (QED) is 0.479. The van der Waals surface area contributed by atoms with Crippen LogP contribution in [0.15, 0.2) is 0 Å². The summed E-state index contributed by atoms with van der Waals surface area (Å²) in [5.74, 6) is -0.0254. The van der Waals surface area contributed by atoms with Crippen LogP contribution in [0.4, 0.5) is 0 Å². The summed E-state index contributed by atoms with van der Waals surface area (Å²) in [7, 11) is 9.63. The van der Waals surface area contributed by atoms with Gasteiger partial charge in [0.1, 0.15) is 5.79 Å². The van der Waals surface area contributed by atoms with Crippen molar-refractivity contribution < 1.29 is 0 Å². The SMILES string of the molecule is CCC([SiH3])NC(C)(N(C)C)N(C)C. The topological polar surface area (TPSA) is 18.5 Å². The predicted octanol–water partition coefficient (Wildman–Crippen LogP) is -0.526. The van der Waals surface area contributed by atoms with Crippen LogP contribution in [-0.2, 0) is 0 Å². The van der Waals surface area contributed by atoms with E-state index in [9.17, 15) is 0 Å². The molecule has 0 aliphatic rings. The molecule has 1 atom stereocenters. The van der Waals surface area contributed by atoms with Gasteiger partial charge >= 0.3 is 0 Å². The monoisotopic (exact) mass is 203 g/mol. The zero-order chi connectivity index (χ0) is 10.6. The molecule has 0 saturated carbocycles. The number of hydrogen-bond acceptors (Lipinski definition) is 3. The summed E-state index contributed by atoms with van der Waals surface area (Å²) in [6, 6.07) is 0. The van der Waals surface area contributed by atoms with E-state index < -0.39 is 0 Å². The molecule has 3 nitrogen and oxygen atoms in total. The van der Waals surface area contributed by atoms with Crippen LogP contribution in [0.2, 0.25) is 0 Å². The lowest BCUT2D eigenvalue weighted by molar-refractivity contribution is -0.0145. The van der Waals surface area contributed by atoms with Crippen LogP contribution in [0.3, 0.4) is 0 Å². The van der Waals surface area contributed by atoms with E-state index >= 15 is 0 Å². The van der Waals surface area contributed by atoms with Crippen molar-refractivity contribution in [3.8, 4) is 0 Å². The molecule has 1 unspecified atom stereocenters. The van der Waals surface area contributed by atoms with Crippen LogP contribution in [0, 0.1) is 0 Å². The lowest BCUT2D eigenvalue weighted by atomic mass is 10.3. The minimum absolute atomic E-state index is 0.0254. The van der Waals surface area contributed by atoms with E-state index in [1.54, 1.807) is 0 Å². The van der Waals surface area contributed by atoms with Crippen LogP contribution in [-0.4, -0.2) is 59.7 Å². The fourth-order valence-corrected chi connectivity index (χ4v) is 1.77. The van der Waals surface area contributed by atoms with Crippen molar-refractivity contribution in [1.82, 2.24) is 15.1 Å². The molecule has 80 valence electrons. The van der Waals surface area contributed by atoms with Gasteiger partial charge in [-0.05, 0) is 47.2 Å². The van der Waals surface area contributed by atoms with E-state index in [2.05, 4.69) is 57.2 Å². The third-order valence-electron chi connectivity index (χ3n) is 2.87. The highest BCUT2D eigenvalue weighted by molar-refractivity contribution is 6.11. The van der Waals surface area contributed by atoms with Gasteiger partial charge in [-0.3, -0.25) is 15.1 Å². The Bertz CT molecular complexity index is 140. The Kier molecular flexibility index (Phi) is 5.13. The molecule has 0 spiro atoms. The average Bonchev–Trinajstić information content (AvgIpc) is 2.03. The minimum Gasteiger partial charge on any atom is -0.288 e. The first-order valence-electron chi connectivity index (χ1n) is 4.97. The Morgan fingerprint density at radius 1 is 1.23 bits per heavy atom. The molecule has 0 saturated heterocycles. The maximum absolute atomic E-state index is 3.66. The molecule has 0 aromatic rings. The molecule has 0 aliphatic carbocycles. The molecule has 0 rings (SSSR count). The van der Waals surface area contributed by atoms with Crippen LogP contribution in [0.5, 0.6) is 0 Å². The van der Waals surface area contributed by atoms with Crippen molar-refractivity contribution in [2.24, 2.45) is 0 Å². The molecule has 0 amide bonds. The highest BCUT2D eigenvalue weighted by atomic mass is 28.1. The Balaban J connectivity index is 4.42. The maximum Gasteiger partial charge on any atom is 0.124 e. The van der Waals surface area contributed by atoms with Gasteiger partial charge in [-0.1, -0.05) is 6.92 Å². The van der Waals surface area contributed by atoms with Crippen molar-refractivity contribution in [1.29, 1.82) is 0 Å². The van der Waals surface area contributed by atoms with Crippen LogP contribution < -0.4 is 5.32 Å². The van der Waals surface area contributed by atoms with Crippen molar-refractivity contribution >= 4 is 10.2 Å². The Morgan fingerprint density at radius 3 is 1.85 bits per heavy atom. The predicted molar refractivity (Wildman–Crippen MR) is 62.9 cm³/mol. The lowest BCUT2D eigenvalue weighted by Crippen LogP contribution is -2.65. The van der Waals surface area contributed by atoms with Gasteiger partial charge in [0.05, 0.1) is 0 Å². The van der Waals surface area contributed by atoms with Crippen molar-refractivity contribution in [2.75, 3.05) is 28.2 Å². The zero-order valence-electron chi connectivity index (χ0n) is 10.2. The van der Waals surface area contributed by atoms with E-state index in [-0.39, 0.29) is 5.79 Å². The number of nitrogens with one attached hydrogen (secondary N) is 1. The highest BCUT2D eigenvalue weighted by Crippen LogP contribution is 2.11. The summed E-state index contributed by atoms with van der Waals surface area (Å²) in [4.78, 5) is 4.43. The van der Waals surface area contributed by atoms with Gasteiger partial charge in [0.15, 0.2) is 0 Å². The summed E-state index contributed by atoms with van der Waals surface area (Å²) in [5, 5.41) is 3.66. The van der Waals surface area contributed by atoms with E-state index in [1.165, 1.54) is 16.7 Å². The fraction of sp³-hybridized carbons (Fsp3) is 1.00. The molecular weight excluding hydrogens is 178 g/mol. The molecule has 0 aliphatic heterocycles. The normalized spacial score (nSPS) is 15.7. The second-order valence-electron chi connectivity index (χ2n) is 4.26. The largest absolute Gasteiger partial charge is 0.288 e. The minimum atomic E-state index is -0.0254. The molecule has 0 fully saturated rings. The Hall–Kier alpha value is 0.0969. The van der Waals surface area contributed by atoms with E-state index in [0.29, 0.717) is 5.67 Å². The molecule has 4 heteroatoms. The summed E-state index contributed by atoms with van der Waals surface area (Å²) in [6.45, 7) is 4.45. The van der Waals surface area contributed by atoms with Gasteiger partial charge in [0.25, 0.3) is 0 Å². The summed E-state index contributed by atoms with van der Waals surface area (Å²) in [6.07, 6.45) is 1.21. The Labute approximate surface area is 85.9 Å². The number of rotatable bonds is 5. The molecule has 0 heterocycles. The highest BCUT2D eigenvalue weighted by Gasteiger charge is 2.29. The lowest BCUT2D eigenvalue weighted by Gasteiger charge is -2.44. The first-order chi connectivity index (χ1) is 5.84. The molecule has 0 bridgehead atoms. The van der Waals surface area contributed by atoms with Crippen molar-refractivity contribution in [2.45, 2.75) is 31.7 Å². The van der Waals surface area contributed by atoms with Crippen LogP contribution >= 0.6 is 0 Å². The van der Waals surface area contributed by atoms with Crippen LogP contribution in [0.1, 0.15) is 20.3 Å². The smallest absolute Gasteiger partial charge is 0.124 e. The third-order valence-corrected chi connectivity index (χ3v) is 3.98. The third kappa shape index (κ3) is 3.38. The Morgan fingerprint density at radius 2 is 1.62 bits per heavy atom. The first-order valence-corrected chi connectivity index (χ1v) is 6.12. The number of nitrogens with zero attached hydrogens (tertiary/aromatic N) is 2. The van der Waals surface area contributed by atoms with Gasteiger partial charge < -0.3 is 0 Å². The molecule has 13 heavy (non-hydrogen) atoms. The molecule has 1 N–H and O–H groups in total. The van der Waals surface area contributed by atoms with E-state index in [1.807, 2.05) is 0 Å². The molecule has 0 radical (unpaired) electrons. The summed E-state index contributed by atoms with van der Waals surface area (Å²) in [5.41, 5.74) is 0.676. The maximum atomic E-state index is 3.66. The second kappa shape index (κ2) is 5.10. The van der Waals surface area contributed by atoms with Gasteiger partial charge in [-0.25, -0.2) is 0 Å². The molecule has 0 aromatic heterocycles. The summed E-state index contributed by atoms with van der Waals surface area (Å²) < 4.78 is 0. The molecular formula is C9H25N3Si.